The molecule has 1 heterocycles. The van der Waals surface area contributed by atoms with Crippen LogP contribution in [0.2, 0.25) is 0 Å². The summed E-state index contributed by atoms with van der Waals surface area (Å²) in [5, 5.41) is 22.2. The second-order valence-corrected chi connectivity index (χ2v) is 10.1. The molecule has 9 heteroatoms. The van der Waals surface area contributed by atoms with E-state index in [1.807, 2.05) is 37.3 Å². The van der Waals surface area contributed by atoms with Crippen LogP contribution in [0.1, 0.15) is 43.3 Å². The Morgan fingerprint density at radius 2 is 1.57 bits per heavy atom. The van der Waals surface area contributed by atoms with Crippen LogP contribution in [0.4, 0.5) is 5.69 Å². The molecule has 0 aliphatic rings. The summed E-state index contributed by atoms with van der Waals surface area (Å²) in [6.07, 6.45) is 0.709. The number of nitrogens with zero attached hydrogens (tertiary/aromatic N) is 1. The molecule has 0 saturated heterocycles. The van der Waals surface area contributed by atoms with Crippen LogP contribution < -0.4 is 10.1 Å². The molecule has 4 aromatic carbocycles. The van der Waals surface area contributed by atoms with Gasteiger partial charge in [-0.15, -0.1) is 0 Å². The first-order valence-corrected chi connectivity index (χ1v) is 14.0. The van der Waals surface area contributed by atoms with E-state index in [4.69, 9.17) is 9.15 Å². The number of benzene rings is 4. The highest BCUT2D eigenvalue weighted by Gasteiger charge is 2.22. The highest BCUT2D eigenvalue weighted by Crippen LogP contribution is 2.24. The van der Waals surface area contributed by atoms with Crippen molar-refractivity contribution in [3.05, 3.63) is 137 Å². The Hall–Kier alpha value is -5.70. The Bertz CT molecular complexity index is 1780. The summed E-state index contributed by atoms with van der Waals surface area (Å²) < 4.78 is 11.7. The molecule has 222 valence electrons. The summed E-state index contributed by atoms with van der Waals surface area (Å²) in [5.41, 5.74) is 3.25. The van der Waals surface area contributed by atoms with E-state index in [0.717, 1.165) is 22.6 Å². The predicted molar refractivity (Wildman–Crippen MR) is 164 cm³/mol. The average Bonchev–Trinajstić information content (AvgIpc) is 3.42. The minimum absolute atomic E-state index is 0.0115. The summed E-state index contributed by atoms with van der Waals surface area (Å²) in [4.78, 5) is 41.4. The number of ether oxygens (including phenoxy) is 1. The number of anilines is 1. The minimum Gasteiger partial charge on any atom is -0.493 e. The van der Waals surface area contributed by atoms with Gasteiger partial charge in [-0.1, -0.05) is 54.6 Å². The zero-order chi connectivity index (χ0) is 31.1. The third kappa shape index (κ3) is 7.19. The van der Waals surface area contributed by atoms with Gasteiger partial charge in [0.1, 0.15) is 17.6 Å². The number of aromatic carboxylic acids is 1. The molecule has 0 aliphatic heterocycles. The molecule has 1 atom stereocenters. The fraction of sp³-hybridized carbons (Fsp3) is 0.143. The lowest BCUT2D eigenvalue weighted by molar-refractivity contribution is -0.137. The van der Waals surface area contributed by atoms with Crippen molar-refractivity contribution in [3.8, 4) is 17.2 Å². The fourth-order valence-corrected chi connectivity index (χ4v) is 4.73. The standard InChI is InChI=1S/C35H30N2O7/c1-22-29(37-33(44-22)24-8-3-2-4-9-24)18-19-43-27-16-14-23(15-17-27)20-31(35(41)42)36-30-13-6-5-12-28(30)32(38)25-10-7-11-26(21-25)34(39)40/h2-17,21,31,36H,18-20H2,1H3,(H,39,40)(H,41,42). The number of nitrogens with one attached hydrogen (secondary N) is 1. The molecule has 1 aromatic heterocycles. The van der Waals surface area contributed by atoms with Crippen LogP contribution in [0.3, 0.4) is 0 Å². The Labute approximate surface area is 253 Å². The van der Waals surface area contributed by atoms with Gasteiger partial charge < -0.3 is 24.7 Å². The van der Waals surface area contributed by atoms with Gasteiger partial charge in [0.2, 0.25) is 5.89 Å². The fourth-order valence-electron chi connectivity index (χ4n) is 4.73. The van der Waals surface area contributed by atoms with E-state index in [-0.39, 0.29) is 23.1 Å². The molecule has 0 saturated carbocycles. The van der Waals surface area contributed by atoms with Crippen molar-refractivity contribution in [3.63, 3.8) is 0 Å². The SMILES string of the molecule is Cc1oc(-c2ccccc2)nc1CCOc1ccc(CC(Nc2ccccc2C(=O)c2cccc(C(=O)O)c2)C(=O)O)cc1. The number of aryl methyl sites for hydroxylation is 1. The van der Waals surface area contributed by atoms with E-state index in [1.54, 1.807) is 48.5 Å². The number of aliphatic carboxylic acids is 1. The number of hydrogen-bond donors (Lipinski definition) is 3. The summed E-state index contributed by atoms with van der Waals surface area (Å²) in [6, 6.07) is 28.1. The molecule has 0 spiro atoms. The topological polar surface area (TPSA) is 139 Å². The van der Waals surface area contributed by atoms with E-state index in [2.05, 4.69) is 10.3 Å². The normalized spacial score (nSPS) is 11.5. The summed E-state index contributed by atoms with van der Waals surface area (Å²) in [6.45, 7) is 2.27. The van der Waals surface area contributed by atoms with Crippen molar-refractivity contribution in [1.82, 2.24) is 4.98 Å². The maximum Gasteiger partial charge on any atom is 0.335 e. The maximum absolute atomic E-state index is 13.2. The highest BCUT2D eigenvalue weighted by atomic mass is 16.5. The number of rotatable bonds is 13. The largest absolute Gasteiger partial charge is 0.493 e. The lowest BCUT2D eigenvalue weighted by atomic mass is 9.99. The van der Waals surface area contributed by atoms with Crippen LogP contribution >= 0.6 is 0 Å². The number of carboxylic acids is 2. The van der Waals surface area contributed by atoms with Gasteiger partial charge in [-0.25, -0.2) is 14.6 Å². The van der Waals surface area contributed by atoms with Crippen molar-refractivity contribution in [2.45, 2.75) is 25.8 Å². The number of oxazole rings is 1. The Morgan fingerprint density at radius 1 is 0.864 bits per heavy atom. The molecule has 0 aliphatic carbocycles. The van der Waals surface area contributed by atoms with Gasteiger partial charge in [0.25, 0.3) is 0 Å². The van der Waals surface area contributed by atoms with Gasteiger partial charge in [-0.3, -0.25) is 4.79 Å². The molecule has 44 heavy (non-hydrogen) atoms. The third-order valence-corrected chi connectivity index (χ3v) is 7.06. The van der Waals surface area contributed by atoms with Gasteiger partial charge in [0.15, 0.2) is 5.78 Å². The van der Waals surface area contributed by atoms with E-state index in [0.29, 0.717) is 30.4 Å². The van der Waals surface area contributed by atoms with Gasteiger partial charge in [-0.2, -0.15) is 0 Å². The number of ketones is 1. The third-order valence-electron chi connectivity index (χ3n) is 7.06. The molecule has 0 amide bonds. The van der Waals surface area contributed by atoms with Crippen LogP contribution in [0.25, 0.3) is 11.5 Å². The quantitative estimate of drug-likeness (QED) is 0.135. The van der Waals surface area contributed by atoms with Crippen molar-refractivity contribution >= 4 is 23.4 Å². The monoisotopic (exact) mass is 590 g/mol. The molecule has 0 radical (unpaired) electrons. The first-order valence-electron chi connectivity index (χ1n) is 14.0. The number of hydrogen-bond acceptors (Lipinski definition) is 7. The number of carboxylic acid groups (broad SMARTS) is 2. The second-order valence-electron chi connectivity index (χ2n) is 10.1. The van der Waals surface area contributed by atoms with Gasteiger partial charge in [0.05, 0.1) is 17.9 Å². The van der Waals surface area contributed by atoms with Crippen molar-refractivity contribution in [2.75, 3.05) is 11.9 Å². The van der Waals surface area contributed by atoms with Gasteiger partial charge >= 0.3 is 11.9 Å². The predicted octanol–water partition coefficient (Wildman–Crippen LogP) is 6.31. The minimum atomic E-state index is -1.14. The van der Waals surface area contributed by atoms with Crippen molar-refractivity contribution in [2.24, 2.45) is 0 Å². The zero-order valence-corrected chi connectivity index (χ0v) is 23.9. The van der Waals surface area contributed by atoms with E-state index in [9.17, 15) is 24.6 Å². The van der Waals surface area contributed by atoms with Crippen LogP contribution in [-0.2, 0) is 17.6 Å². The van der Waals surface area contributed by atoms with Crippen molar-refractivity contribution < 1.29 is 33.8 Å². The number of para-hydroxylation sites is 1. The number of carbonyl (C=O) groups is 3. The van der Waals surface area contributed by atoms with E-state index >= 15 is 0 Å². The zero-order valence-electron chi connectivity index (χ0n) is 23.9. The van der Waals surface area contributed by atoms with E-state index < -0.39 is 23.8 Å². The van der Waals surface area contributed by atoms with Crippen molar-refractivity contribution in [1.29, 1.82) is 0 Å². The molecule has 5 aromatic rings. The van der Waals surface area contributed by atoms with E-state index in [1.165, 1.54) is 24.3 Å². The van der Waals surface area contributed by atoms with Gasteiger partial charge in [0, 0.05) is 35.2 Å². The Balaban J connectivity index is 1.21. The lowest BCUT2D eigenvalue weighted by Crippen LogP contribution is -2.32. The number of aromatic nitrogens is 1. The Morgan fingerprint density at radius 3 is 2.30 bits per heavy atom. The molecular weight excluding hydrogens is 560 g/mol. The Kier molecular flexibility index (Phi) is 9.15. The molecule has 9 nitrogen and oxygen atoms in total. The molecule has 5 rings (SSSR count). The second kappa shape index (κ2) is 13.5. The van der Waals surface area contributed by atoms with Crippen LogP contribution in [-0.4, -0.2) is 45.6 Å². The smallest absolute Gasteiger partial charge is 0.335 e. The summed E-state index contributed by atoms with van der Waals surface area (Å²) >= 11 is 0. The molecule has 0 bridgehead atoms. The number of carbonyl (C=O) groups excluding carboxylic acids is 1. The van der Waals surface area contributed by atoms with Gasteiger partial charge in [-0.05, 0) is 61.0 Å². The van der Waals surface area contributed by atoms with Crippen LogP contribution in [0.15, 0.2) is 108 Å². The first kappa shape index (κ1) is 29.8. The lowest BCUT2D eigenvalue weighted by Gasteiger charge is -2.18. The average molecular weight is 591 g/mol. The first-order chi connectivity index (χ1) is 21.3. The molecule has 1 unspecified atom stereocenters. The summed E-state index contributed by atoms with van der Waals surface area (Å²) in [5.74, 6) is -0.693. The molecule has 0 fully saturated rings. The molecular formula is C35H30N2O7. The van der Waals surface area contributed by atoms with Crippen LogP contribution in [0, 0.1) is 6.92 Å². The summed E-state index contributed by atoms with van der Waals surface area (Å²) in [7, 11) is 0. The highest BCUT2D eigenvalue weighted by molar-refractivity contribution is 6.13. The maximum atomic E-state index is 13.2. The molecule has 3 N–H and O–H groups in total. The van der Waals surface area contributed by atoms with Crippen LogP contribution in [0.5, 0.6) is 5.75 Å².